The number of ether oxygens (including phenoxy) is 1. The molecule has 2 aromatic carbocycles. The molecule has 2 aliphatic rings. The molecule has 39 heavy (non-hydrogen) atoms. The van der Waals surface area contributed by atoms with Gasteiger partial charge >= 0.3 is 6.18 Å². The number of carbonyl (C=O) groups is 2. The van der Waals surface area contributed by atoms with E-state index in [1.165, 1.54) is 19.2 Å². The van der Waals surface area contributed by atoms with Gasteiger partial charge in [0, 0.05) is 64.2 Å². The number of hydrogen-bond acceptors (Lipinski definition) is 6. The van der Waals surface area contributed by atoms with Gasteiger partial charge in [-0.15, -0.1) is 0 Å². The van der Waals surface area contributed by atoms with Crippen LogP contribution in [-0.2, 0) is 28.8 Å². The number of likely N-dealkylation sites (N-methyl/N-ethyl adjacent to an activating group) is 1. The molecule has 0 bridgehead atoms. The molecule has 0 aliphatic carbocycles. The molecule has 2 heterocycles. The Hall–Kier alpha value is -2.99. The van der Waals surface area contributed by atoms with Gasteiger partial charge in [0.15, 0.2) is 0 Å². The van der Waals surface area contributed by atoms with E-state index >= 15 is 0 Å². The number of hydrogen-bond donors (Lipinski definition) is 2. The van der Waals surface area contributed by atoms with Crippen molar-refractivity contribution in [2.45, 2.75) is 38.1 Å². The van der Waals surface area contributed by atoms with Crippen LogP contribution in [0.1, 0.15) is 45.5 Å². The monoisotopic (exact) mass is 547 g/mol. The third-order valence-electron chi connectivity index (χ3n) is 7.57. The Kier molecular flexibility index (Phi) is 8.95. The fraction of sp³-hybridized carbons (Fsp3) is 0.500. The average molecular weight is 548 g/mol. The number of alkyl halides is 3. The molecule has 2 aromatic rings. The van der Waals surface area contributed by atoms with Crippen molar-refractivity contribution in [2.75, 3.05) is 58.8 Å². The predicted octanol–water partition coefficient (Wildman–Crippen LogP) is 3.12. The van der Waals surface area contributed by atoms with Crippen molar-refractivity contribution < 1.29 is 27.5 Å². The lowest BCUT2D eigenvalue weighted by molar-refractivity contribution is -0.138. The summed E-state index contributed by atoms with van der Waals surface area (Å²) in [5, 5.41) is 2.63. The molecule has 2 atom stereocenters. The van der Waals surface area contributed by atoms with Gasteiger partial charge in [-0.2, -0.15) is 13.2 Å². The molecule has 1 saturated heterocycles. The number of nitrogens with zero attached hydrogens (tertiary/aromatic N) is 3. The minimum Gasteiger partial charge on any atom is -0.383 e. The zero-order valence-corrected chi connectivity index (χ0v) is 22.6. The van der Waals surface area contributed by atoms with E-state index < -0.39 is 29.6 Å². The van der Waals surface area contributed by atoms with Gasteiger partial charge in [-0.05, 0) is 53.9 Å². The Morgan fingerprint density at radius 1 is 1.13 bits per heavy atom. The van der Waals surface area contributed by atoms with Gasteiger partial charge in [0.2, 0.25) is 5.91 Å². The van der Waals surface area contributed by atoms with Crippen LogP contribution in [0.5, 0.6) is 0 Å². The molecular weight excluding hydrogens is 511 g/mol. The van der Waals surface area contributed by atoms with Crippen molar-refractivity contribution >= 4 is 17.5 Å². The normalized spacial score (nSPS) is 19.9. The van der Waals surface area contributed by atoms with Crippen molar-refractivity contribution in [2.24, 2.45) is 5.73 Å². The van der Waals surface area contributed by atoms with Crippen LogP contribution in [0.25, 0.3) is 0 Å². The number of benzene rings is 2. The summed E-state index contributed by atoms with van der Waals surface area (Å²) in [6, 6.07) is 8.63. The van der Waals surface area contributed by atoms with Crippen molar-refractivity contribution in [1.82, 2.24) is 14.7 Å². The number of nitrogens with two attached hydrogens (primary N) is 1. The first-order valence-electron chi connectivity index (χ1n) is 13.0. The van der Waals surface area contributed by atoms with Gasteiger partial charge < -0.3 is 20.7 Å². The van der Waals surface area contributed by atoms with Crippen LogP contribution in [0.15, 0.2) is 36.4 Å². The highest BCUT2D eigenvalue weighted by molar-refractivity contribution is 6.04. The molecule has 1 fully saturated rings. The maximum Gasteiger partial charge on any atom is 0.416 e. The maximum atomic E-state index is 14.0. The topological polar surface area (TPSA) is 91.1 Å². The van der Waals surface area contributed by atoms with Crippen molar-refractivity contribution in [1.29, 1.82) is 0 Å². The number of methoxy groups -OCH3 is 1. The Labute approximate surface area is 226 Å². The first-order valence-corrected chi connectivity index (χ1v) is 13.0. The van der Waals surface area contributed by atoms with Gasteiger partial charge in [-0.25, -0.2) is 0 Å². The number of anilines is 1. The van der Waals surface area contributed by atoms with Gasteiger partial charge in [-0.3, -0.25) is 19.4 Å². The minimum atomic E-state index is -4.55. The molecule has 1 unspecified atom stereocenters. The SMILES string of the molecule is COCC(C(N)=O)N1Cc2cc(C(=O)Nc3ccc(CN4CCN(C)CC4)c(C(F)(F)F)c3)ccc2[C@@H](C)C1. The molecule has 3 N–H and O–H groups in total. The van der Waals surface area contributed by atoms with Crippen LogP contribution in [0.2, 0.25) is 0 Å². The van der Waals surface area contributed by atoms with Gasteiger partial charge in [-0.1, -0.05) is 19.1 Å². The largest absolute Gasteiger partial charge is 0.416 e. The van der Waals surface area contributed by atoms with E-state index in [9.17, 15) is 22.8 Å². The smallest absolute Gasteiger partial charge is 0.383 e. The van der Waals surface area contributed by atoms with E-state index in [2.05, 4.69) is 10.2 Å². The van der Waals surface area contributed by atoms with Crippen LogP contribution in [-0.4, -0.2) is 86.0 Å². The highest BCUT2D eigenvalue weighted by atomic mass is 19.4. The summed E-state index contributed by atoms with van der Waals surface area (Å²) in [5.41, 5.74) is 7.34. The standard InChI is InChI=1S/C28H36F3N5O3/c1-18-14-36(25(17-39-3)26(32)37)16-21-12-19(5-7-23(18)21)27(38)33-22-6-4-20(24(13-22)28(29,30)31)15-35-10-8-34(2)9-11-35/h4-7,12-13,18,25H,8-11,14-17H2,1-3H3,(H2,32,37)(H,33,38)/t18-,25?/m0/s1. The molecule has 11 heteroatoms. The molecule has 4 rings (SSSR count). The van der Waals surface area contributed by atoms with Crippen LogP contribution in [0.4, 0.5) is 18.9 Å². The first kappa shape index (κ1) is 29.0. The lowest BCUT2D eigenvalue weighted by atomic mass is 9.89. The molecule has 2 aliphatic heterocycles. The second-order valence-corrected chi connectivity index (χ2v) is 10.5. The second-order valence-electron chi connectivity index (χ2n) is 10.5. The Balaban J connectivity index is 1.52. The molecule has 0 saturated carbocycles. The minimum absolute atomic E-state index is 0.0797. The molecule has 0 aromatic heterocycles. The van der Waals surface area contributed by atoms with Crippen LogP contribution in [0.3, 0.4) is 0 Å². The molecule has 0 spiro atoms. The first-order chi connectivity index (χ1) is 18.5. The van der Waals surface area contributed by atoms with Crippen LogP contribution >= 0.6 is 0 Å². The van der Waals surface area contributed by atoms with Crippen molar-refractivity contribution in [3.8, 4) is 0 Å². The summed E-state index contributed by atoms with van der Waals surface area (Å²) >= 11 is 0. The van der Waals surface area contributed by atoms with E-state index in [-0.39, 0.29) is 30.3 Å². The number of amides is 2. The van der Waals surface area contributed by atoms with Crippen LogP contribution in [0, 0.1) is 0 Å². The maximum absolute atomic E-state index is 14.0. The second kappa shape index (κ2) is 12.0. The summed E-state index contributed by atoms with van der Waals surface area (Å²) < 4.78 is 47.0. The lowest BCUT2D eigenvalue weighted by Crippen LogP contribution is -2.50. The van der Waals surface area contributed by atoms with Crippen LogP contribution < -0.4 is 11.1 Å². The zero-order valence-electron chi connectivity index (χ0n) is 22.6. The summed E-state index contributed by atoms with van der Waals surface area (Å²) in [6.45, 7) is 6.41. The van der Waals surface area contributed by atoms with E-state index in [1.807, 2.05) is 29.8 Å². The quantitative estimate of drug-likeness (QED) is 0.528. The number of piperazine rings is 1. The summed E-state index contributed by atoms with van der Waals surface area (Å²) in [4.78, 5) is 31.2. The summed E-state index contributed by atoms with van der Waals surface area (Å²) in [7, 11) is 3.50. The molecule has 0 radical (unpaired) electrons. The number of rotatable bonds is 8. The van der Waals surface area contributed by atoms with Gasteiger partial charge in [0.25, 0.3) is 5.91 Å². The Morgan fingerprint density at radius 3 is 2.49 bits per heavy atom. The number of fused-ring (bicyclic) bond motifs is 1. The number of primary amides is 1. The number of nitrogens with one attached hydrogen (secondary N) is 1. The highest BCUT2D eigenvalue weighted by Crippen LogP contribution is 2.35. The van der Waals surface area contributed by atoms with Gasteiger partial charge in [0.1, 0.15) is 6.04 Å². The van der Waals surface area contributed by atoms with E-state index in [1.54, 1.807) is 12.1 Å². The summed E-state index contributed by atoms with van der Waals surface area (Å²) in [5.74, 6) is -0.907. The highest BCUT2D eigenvalue weighted by Gasteiger charge is 2.35. The Morgan fingerprint density at radius 2 is 1.85 bits per heavy atom. The fourth-order valence-corrected chi connectivity index (χ4v) is 5.37. The fourth-order valence-electron chi connectivity index (χ4n) is 5.37. The van der Waals surface area contributed by atoms with E-state index in [4.69, 9.17) is 10.5 Å². The van der Waals surface area contributed by atoms with E-state index in [0.717, 1.165) is 30.3 Å². The number of halogens is 3. The van der Waals surface area contributed by atoms with Gasteiger partial charge in [0.05, 0.1) is 12.2 Å². The van der Waals surface area contributed by atoms with Crippen molar-refractivity contribution in [3.05, 3.63) is 64.2 Å². The predicted molar refractivity (Wildman–Crippen MR) is 142 cm³/mol. The third kappa shape index (κ3) is 6.96. The molecule has 8 nitrogen and oxygen atoms in total. The molecule has 212 valence electrons. The Bertz CT molecular complexity index is 1200. The van der Waals surface area contributed by atoms with Crippen molar-refractivity contribution in [3.63, 3.8) is 0 Å². The van der Waals surface area contributed by atoms with E-state index in [0.29, 0.717) is 31.7 Å². The third-order valence-corrected chi connectivity index (χ3v) is 7.57. The zero-order chi connectivity index (χ0) is 28.3. The summed E-state index contributed by atoms with van der Waals surface area (Å²) in [6.07, 6.45) is -4.55. The lowest BCUT2D eigenvalue weighted by Gasteiger charge is -2.37. The number of carbonyl (C=O) groups excluding carboxylic acids is 2. The molecular formula is C28H36F3N5O3. The average Bonchev–Trinajstić information content (AvgIpc) is 2.88. The molecule has 2 amide bonds.